The Labute approximate surface area is 164 Å². The third-order valence-corrected chi connectivity index (χ3v) is 5.27. The van der Waals surface area contributed by atoms with Gasteiger partial charge in [-0.3, -0.25) is 4.79 Å². The first-order valence-corrected chi connectivity index (χ1v) is 9.64. The average molecular weight is 432 g/mol. The third-order valence-electron chi connectivity index (χ3n) is 3.89. The number of benzene rings is 1. The highest BCUT2D eigenvalue weighted by molar-refractivity contribution is 9.10. The van der Waals surface area contributed by atoms with Crippen molar-refractivity contribution in [3.8, 4) is 5.69 Å². The molecule has 2 heterocycles. The van der Waals surface area contributed by atoms with Crippen molar-refractivity contribution < 1.29 is 4.79 Å². The number of carbonyl (C=O) groups is 1. The summed E-state index contributed by atoms with van der Waals surface area (Å²) in [4.78, 5) is 20.9. The van der Waals surface area contributed by atoms with Gasteiger partial charge in [0.2, 0.25) is 0 Å². The number of aryl methyl sites for hydroxylation is 1. The largest absolute Gasteiger partial charge is 0.383 e. The molecule has 3 rings (SSSR count). The maximum atomic E-state index is 12.7. The van der Waals surface area contributed by atoms with Crippen LogP contribution in [0.5, 0.6) is 0 Å². The molecule has 0 bridgehead atoms. The number of Topliss-reactive ketones (excluding diaryl/α,β-unsaturated/α-hetero) is 1. The van der Waals surface area contributed by atoms with Crippen LogP contribution in [0.3, 0.4) is 0 Å². The lowest BCUT2D eigenvalue weighted by Crippen LogP contribution is -2.07. The fourth-order valence-corrected chi connectivity index (χ4v) is 3.79. The number of hydrogen-bond acceptors (Lipinski definition) is 6. The van der Waals surface area contributed by atoms with Crippen molar-refractivity contribution in [2.24, 2.45) is 0 Å². The molecule has 0 fully saturated rings. The Balaban J connectivity index is 1.82. The molecule has 0 aliphatic carbocycles. The molecule has 0 unspecified atom stereocenters. The van der Waals surface area contributed by atoms with Gasteiger partial charge in [-0.15, -0.1) is 0 Å². The zero-order valence-electron chi connectivity index (χ0n) is 14.4. The molecule has 0 radical (unpaired) electrons. The van der Waals surface area contributed by atoms with Crippen LogP contribution in [-0.2, 0) is 0 Å². The number of nitrogens with zero attached hydrogens (tertiary/aromatic N) is 3. The number of nitrogen functional groups attached to an aromatic ring is 2. The summed E-state index contributed by atoms with van der Waals surface area (Å²) in [6.45, 7) is 3.93. The quantitative estimate of drug-likeness (QED) is 0.362. The van der Waals surface area contributed by atoms with Crippen LogP contribution in [0.15, 0.2) is 46.0 Å². The zero-order valence-corrected chi connectivity index (χ0v) is 16.8. The zero-order chi connectivity index (χ0) is 18.8. The maximum Gasteiger partial charge on any atom is 0.191 e. The second kappa shape index (κ2) is 7.51. The molecule has 6 nitrogen and oxygen atoms in total. The summed E-state index contributed by atoms with van der Waals surface area (Å²) in [7, 11) is 0. The van der Waals surface area contributed by atoms with Gasteiger partial charge in [0, 0.05) is 33.2 Å². The summed E-state index contributed by atoms with van der Waals surface area (Å²) in [5, 5.41) is 0.401. The van der Waals surface area contributed by atoms with Crippen LogP contribution < -0.4 is 11.5 Å². The van der Waals surface area contributed by atoms with Crippen molar-refractivity contribution in [1.82, 2.24) is 14.5 Å². The SMILES string of the molecule is Cc1cc(C(=O)CSc2nc(N)cc(N)n2)c(C)n1-c1ccc(Br)cc1. The van der Waals surface area contributed by atoms with E-state index >= 15 is 0 Å². The Hall–Kier alpha value is -2.32. The predicted molar refractivity (Wildman–Crippen MR) is 109 cm³/mol. The molecule has 1 aromatic carbocycles. The lowest BCUT2D eigenvalue weighted by Gasteiger charge is -2.10. The van der Waals surface area contributed by atoms with E-state index in [4.69, 9.17) is 11.5 Å². The van der Waals surface area contributed by atoms with E-state index < -0.39 is 0 Å². The fourth-order valence-electron chi connectivity index (χ4n) is 2.77. The summed E-state index contributed by atoms with van der Waals surface area (Å²) in [6.07, 6.45) is 0. The Morgan fingerprint density at radius 2 is 1.73 bits per heavy atom. The Kier molecular flexibility index (Phi) is 5.33. The first-order chi connectivity index (χ1) is 12.3. The number of nitrogens with two attached hydrogens (primary N) is 2. The molecule has 0 saturated carbocycles. The van der Waals surface area contributed by atoms with Gasteiger partial charge in [0.15, 0.2) is 10.9 Å². The van der Waals surface area contributed by atoms with Crippen LogP contribution >= 0.6 is 27.7 Å². The van der Waals surface area contributed by atoms with Crippen molar-refractivity contribution in [3.63, 3.8) is 0 Å². The smallest absolute Gasteiger partial charge is 0.191 e. The highest BCUT2D eigenvalue weighted by atomic mass is 79.9. The first-order valence-electron chi connectivity index (χ1n) is 7.86. The van der Waals surface area contributed by atoms with Crippen LogP contribution in [0.2, 0.25) is 0 Å². The monoisotopic (exact) mass is 431 g/mol. The highest BCUT2D eigenvalue weighted by Crippen LogP contribution is 2.25. The Morgan fingerprint density at radius 3 is 2.35 bits per heavy atom. The molecule has 134 valence electrons. The summed E-state index contributed by atoms with van der Waals surface area (Å²) in [5.41, 5.74) is 14.9. The van der Waals surface area contributed by atoms with E-state index in [1.165, 1.54) is 17.8 Å². The van der Waals surface area contributed by atoms with Gasteiger partial charge in [-0.1, -0.05) is 27.7 Å². The van der Waals surface area contributed by atoms with Crippen LogP contribution in [0.1, 0.15) is 21.7 Å². The molecule has 0 aliphatic heterocycles. The number of hydrogen-bond donors (Lipinski definition) is 2. The standard InChI is InChI=1S/C18H18BrN5OS/c1-10-7-14(11(2)24(10)13-5-3-12(19)4-6-13)15(25)9-26-18-22-16(20)8-17(21)23-18/h3-8H,9H2,1-2H3,(H4,20,21,22,23). The number of ketones is 1. The topological polar surface area (TPSA) is 99.8 Å². The van der Waals surface area contributed by atoms with Gasteiger partial charge >= 0.3 is 0 Å². The van der Waals surface area contributed by atoms with Gasteiger partial charge in [-0.2, -0.15) is 0 Å². The molecular weight excluding hydrogens is 414 g/mol. The normalized spacial score (nSPS) is 10.9. The molecule has 2 aromatic heterocycles. The molecule has 0 saturated heterocycles. The third kappa shape index (κ3) is 3.91. The minimum atomic E-state index is 0.0102. The van der Waals surface area contributed by atoms with E-state index in [-0.39, 0.29) is 11.5 Å². The minimum Gasteiger partial charge on any atom is -0.383 e. The van der Waals surface area contributed by atoms with E-state index in [2.05, 4.69) is 30.5 Å². The van der Waals surface area contributed by atoms with Crippen LogP contribution in [0.4, 0.5) is 11.6 Å². The second-order valence-corrected chi connectivity index (χ2v) is 7.67. The number of rotatable bonds is 5. The summed E-state index contributed by atoms with van der Waals surface area (Å²) < 4.78 is 3.08. The second-order valence-electron chi connectivity index (χ2n) is 5.81. The predicted octanol–water partition coefficient (Wildman–Crippen LogP) is 3.79. The van der Waals surface area contributed by atoms with Crippen molar-refractivity contribution in [1.29, 1.82) is 0 Å². The Bertz CT molecular complexity index is 948. The van der Waals surface area contributed by atoms with Gasteiger partial charge in [0.25, 0.3) is 0 Å². The van der Waals surface area contributed by atoms with Gasteiger partial charge in [0.05, 0.1) is 5.75 Å². The van der Waals surface area contributed by atoms with E-state index in [9.17, 15) is 4.79 Å². The molecule has 26 heavy (non-hydrogen) atoms. The number of carbonyl (C=O) groups excluding carboxylic acids is 1. The van der Waals surface area contributed by atoms with Gasteiger partial charge in [0.1, 0.15) is 11.6 Å². The van der Waals surface area contributed by atoms with E-state index in [1.807, 2.05) is 44.2 Å². The molecular formula is C18H18BrN5OS. The summed E-state index contributed by atoms with van der Waals surface area (Å²) in [5.74, 6) is 0.811. The van der Waals surface area contributed by atoms with Gasteiger partial charge < -0.3 is 16.0 Å². The van der Waals surface area contributed by atoms with Crippen LogP contribution in [0, 0.1) is 13.8 Å². The number of halogens is 1. The molecule has 0 amide bonds. The highest BCUT2D eigenvalue weighted by Gasteiger charge is 2.17. The van der Waals surface area contributed by atoms with Crippen molar-refractivity contribution in [3.05, 3.63) is 57.8 Å². The average Bonchev–Trinajstić information content (AvgIpc) is 2.87. The molecule has 0 aliphatic rings. The summed E-state index contributed by atoms with van der Waals surface area (Å²) in [6, 6.07) is 11.4. The first kappa shape index (κ1) is 18.5. The lowest BCUT2D eigenvalue weighted by molar-refractivity contribution is 0.102. The van der Waals surface area contributed by atoms with Crippen molar-refractivity contribution >= 4 is 45.1 Å². The van der Waals surface area contributed by atoms with E-state index in [0.717, 1.165) is 21.5 Å². The number of thioether (sulfide) groups is 1. The van der Waals surface area contributed by atoms with Crippen molar-refractivity contribution in [2.45, 2.75) is 19.0 Å². The molecule has 0 spiro atoms. The van der Waals surface area contributed by atoms with Crippen LogP contribution in [0.25, 0.3) is 5.69 Å². The molecule has 3 aromatic rings. The molecule has 4 N–H and O–H groups in total. The van der Waals surface area contributed by atoms with Gasteiger partial charge in [-0.25, -0.2) is 9.97 Å². The number of anilines is 2. The van der Waals surface area contributed by atoms with Gasteiger partial charge in [-0.05, 0) is 44.2 Å². The van der Waals surface area contributed by atoms with E-state index in [0.29, 0.717) is 22.4 Å². The minimum absolute atomic E-state index is 0.0102. The van der Waals surface area contributed by atoms with Crippen LogP contribution in [-0.4, -0.2) is 26.1 Å². The summed E-state index contributed by atoms with van der Waals surface area (Å²) >= 11 is 4.67. The molecule has 0 atom stereocenters. The number of aromatic nitrogens is 3. The maximum absolute atomic E-state index is 12.7. The van der Waals surface area contributed by atoms with Crippen molar-refractivity contribution in [2.75, 3.05) is 17.2 Å². The molecule has 8 heteroatoms. The lowest BCUT2D eigenvalue weighted by atomic mass is 10.2. The fraction of sp³-hybridized carbons (Fsp3) is 0.167. The Morgan fingerprint density at radius 1 is 1.12 bits per heavy atom. The van der Waals surface area contributed by atoms with E-state index in [1.54, 1.807) is 0 Å².